The zero-order valence-electron chi connectivity index (χ0n) is 7.25. The van der Waals surface area contributed by atoms with Gasteiger partial charge in [0.05, 0.1) is 0 Å². The normalized spacial score (nSPS) is 11.2. The molecule has 0 fully saturated rings. The molecule has 0 saturated carbocycles. The van der Waals surface area contributed by atoms with Gasteiger partial charge in [0.25, 0.3) is 0 Å². The van der Waals surface area contributed by atoms with Crippen LogP contribution >= 0.6 is 0 Å². The van der Waals surface area contributed by atoms with Crippen LogP contribution in [0.1, 0.15) is 18.7 Å². The first-order valence-corrected chi connectivity index (χ1v) is 3.91. The fraction of sp³-hybridized carbons (Fsp3) is 0.182. The van der Waals surface area contributed by atoms with Gasteiger partial charge >= 0.3 is 0 Å². The van der Waals surface area contributed by atoms with Crippen LogP contribution in [0, 0.1) is 11.8 Å². The third kappa shape index (κ3) is 2.41. The molecule has 0 aliphatic heterocycles. The van der Waals surface area contributed by atoms with Gasteiger partial charge in [-0.25, -0.2) is 4.39 Å². The Bertz CT molecular complexity index is 345. The summed E-state index contributed by atoms with van der Waals surface area (Å²) in [4.78, 5) is 11.0. The summed E-state index contributed by atoms with van der Waals surface area (Å²) >= 11 is 0. The van der Waals surface area contributed by atoms with Crippen molar-refractivity contribution in [2.24, 2.45) is 0 Å². The van der Waals surface area contributed by atoms with Crippen molar-refractivity contribution >= 4 is 5.78 Å². The van der Waals surface area contributed by atoms with Gasteiger partial charge in [-0.3, -0.25) is 4.79 Å². The van der Waals surface area contributed by atoms with E-state index < -0.39 is 12.0 Å². The van der Waals surface area contributed by atoms with Crippen molar-refractivity contribution in [3.63, 3.8) is 0 Å². The van der Waals surface area contributed by atoms with E-state index in [9.17, 15) is 9.18 Å². The molecule has 0 bridgehead atoms. The molecule has 0 radical (unpaired) electrons. The minimum Gasteiger partial charge on any atom is -0.281 e. The lowest BCUT2D eigenvalue weighted by atomic mass is 10.1. The predicted octanol–water partition coefficient (Wildman–Crippen LogP) is 2.29. The summed E-state index contributed by atoms with van der Waals surface area (Å²) in [7, 11) is 0. The van der Waals surface area contributed by atoms with E-state index in [1.165, 1.54) is 6.92 Å². The third-order valence-electron chi connectivity index (χ3n) is 1.57. The summed E-state index contributed by atoms with van der Waals surface area (Å²) in [5.74, 6) is 3.87. The molecular weight excluding hydrogens is 167 g/mol. The largest absolute Gasteiger partial charge is 0.281 e. The lowest BCUT2D eigenvalue weighted by molar-refractivity contribution is -0.118. The van der Waals surface area contributed by atoms with Crippen LogP contribution in [0.15, 0.2) is 30.3 Å². The molecule has 0 N–H and O–H groups in total. The summed E-state index contributed by atoms with van der Waals surface area (Å²) in [6, 6.07) is 8.29. The van der Waals surface area contributed by atoms with E-state index in [2.05, 4.69) is 11.8 Å². The number of halogens is 1. The van der Waals surface area contributed by atoms with Crippen LogP contribution in [0.3, 0.4) is 0 Å². The molecule has 66 valence electrons. The second-order valence-corrected chi connectivity index (χ2v) is 2.51. The van der Waals surface area contributed by atoms with Gasteiger partial charge in [0.2, 0.25) is 5.78 Å². The van der Waals surface area contributed by atoms with Crippen LogP contribution in [-0.4, -0.2) is 5.78 Å². The molecule has 1 atom stereocenters. The van der Waals surface area contributed by atoms with Gasteiger partial charge in [-0.05, 0) is 18.4 Å². The van der Waals surface area contributed by atoms with Gasteiger partial charge in [-0.1, -0.05) is 36.3 Å². The van der Waals surface area contributed by atoms with Crippen molar-refractivity contribution in [3.05, 3.63) is 35.9 Å². The third-order valence-corrected chi connectivity index (χ3v) is 1.57. The molecule has 1 aromatic rings. The highest BCUT2D eigenvalue weighted by atomic mass is 19.1. The zero-order chi connectivity index (χ0) is 9.68. The highest BCUT2D eigenvalue weighted by Gasteiger charge is 2.16. The molecule has 0 aliphatic rings. The Kier molecular flexibility index (Phi) is 3.22. The Hall–Kier alpha value is -1.62. The van der Waals surface area contributed by atoms with E-state index in [1.54, 1.807) is 30.3 Å². The number of carbonyl (C=O) groups is 1. The molecule has 0 aromatic heterocycles. The minimum absolute atomic E-state index is 0.357. The highest BCUT2D eigenvalue weighted by molar-refractivity contribution is 5.99. The molecule has 0 aliphatic carbocycles. The van der Waals surface area contributed by atoms with Gasteiger partial charge in [-0.2, -0.15) is 0 Å². The molecule has 1 nitrogen and oxygen atoms in total. The predicted molar refractivity (Wildman–Crippen MR) is 48.7 cm³/mol. The van der Waals surface area contributed by atoms with Crippen molar-refractivity contribution in [2.45, 2.75) is 13.1 Å². The minimum atomic E-state index is -1.62. The average Bonchev–Trinajstić information content (AvgIpc) is 2.18. The second kappa shape index (κ2) is 4.42. The van der Waals surface area contributed by atoms with Crippen LogP contribution in [0.5, 0.6) is 0 Å². The molecule has 2 heteroatoms. The van der Waals surface area contributed by atoms with E-state index in [0.717, 1.165) is 0 Å². The topological polar surface area (TPSA) is 17.1 Å². The van der Waals surface area contributed by atoms with Crippen molar-refractivity contribution in [3.8, 4) is 11.8 Å². The quantitative estimate of drug-likeness (QED) is 0.499. The Morgan fingerprint density at radius 2 is 2.00 bits per heavy atom. The van der Waals surface area contributed by atoms with E-state index in [-0.39, 0.29) is 0 Å². The number of hydrogen-bond donors (Lipinski definition) is 0. The Morgan fingerprint density at radius 1 is 1.38 bits per heavy atom. The maximum absolute atomic E-state index is 13.3. The van der Waals surface area contributed by atoms with Gasteiger partial charge in [0.15, 0.2) is 6.17 Å². The molecule has 1 aromatic carbocycles. The van der Waals surface area contributed by atoms with Gasteiger partial charge in [-0.15, -0.1) is 0 Å². The lowest BCUT2D eigenvalue weighted by Gasteiger charge is -2.01. The first kappa shape index (κ1) is 9.47. The fourth-order valence-corrected chi connectivity index (χ4v) is 0.960. The first-order chi connectivity index (χ1) is 6.25. The van der Waals surface area contributed by atoms with E-state index in [0.29, 0.717) is 5.56 Å². The average molecular weight is 176 g/mol. The summed E-state index contributed by atoms with van der Waals surface area (Å²) in [5.41, 5.74) is 0.357. The summed E-state index contributed by atoms with van der Waals surface area (Å²) < 4.78 is 13.3. The maximum Gasteiger partial charge on any atom is 0.244 e. The van der Waals surface area contributed by atoms with Gasteiger partial charge < -0.3 is 0 Å². The van der Waals surface area contributed by atoms with Gasteiger partial charge in [0.1, 0.15) is 0 Å². The van der Waals surface area contributed by atoms with E-state index >= 15 is 0 Å². The number of Topliss-reactive ketones (excluding diaryl/α,β-unsaturated/α-hetero) is 1. The molecule has 1 rings (SSSR count). The number of rotatable bonds is 2. The Morgan fingerprint density at radius 3 is 2.54 bits per heavy atom. The molecular formula is C11H9FO. The lowest BCUT2D eigenvalue weighted by Crippen LogP contribution is -2.04. The Labute approximate surface area is 76.6 Å². The number of hydrogen-bond acceptors (Lipinski definition) is 1. The summed E-state index contributed by atoms with van der Waals surface area (Å²) in [6.45, 7) is 1.51. The molecule has 0 saturated heterocycles. The zero-order valence-corrected chi connectivity index (χ0v) is 7.25. The summed E-state index contributed by atoms with van der Waals surface area (Å²) in [6.07, 6.45) is -1.62. The van der Waals surface area contributed by atoms with Crippen LogP contribution in [-0.2, 0) is 4.79 Å². The monoisotopic (exact) mass is 176 g/mol. The molecule has 0 spiro atoms. The number of alkyl halides is 1. The fourth-order valence-electron chi connectivity index (χ4n) is 0.960. The second-order valence-electron chi connectivity index (χ2n) is 2.51. The number of carbonyl (C=O) groups excluding carboxylic acids is 1. The smallest absolute Gasteiger partial charge is 0.244 e. The molecule has 1 unspecified atom stereocenters. The van der Waals surface area contributed by atoms with Crippen LogP contribution in [0.2, 0.25) is 0 Å². The van der Waals surface area contributed by atoms with Crippen molar-refractivity contribution in [1.82, 2.24) is 0 Å². The maximum atomic E-state index is 13.3. The van der Waals surface area contributed by atoms with Crippen LogP contribution in [0.4, 0.5) is 4.39 Å². The number of ketones is 1. The highest BCUT2D eigenvalue weighted by Crippen LogP contribution is 2.17. The molecule has 0 heterocycles. The van der Waals surface area contributed by atoms with Crippen LogP contribution < -0.4 is 0 Å². The number of benzene rings is 1. The van der Waals surface area contributed by atoms with E-state index in [1.807, 2.05) is 0 Å². The van der Waals surface area contributed by atoms with Crippen molar-refractivity contribution < 1.29 is 9.18 Å². The van der Waals surface area contributed by atoms with Crippen molar-refractivity contribution in [1.29, 1.82) is 0 Å². The Balaban J connectivity index is 2.84. The van der Waals surface area contributed by atoms with Gasteiger partial charge in [0, 0.05) is 0 Å². The standard InChI is InChI=1S/C11H9FO/c1-2-6-10(13)11(12)9-7-4-3-5-8-9/h3-5,7-8,11H,1H3. The first-order valence-electron chi connectivity index (χ1n) is 3.91. The SMILES string of the molecule is CC#CC(=O)C(F)c1ccccc1. The van der Waals surface area contributed by atoms with E-state index in [4.69, 9.17) is 0 Å². The van der Waals surface area contributed by atoms with Crippen LogP contribution in [0.25, 0.3) is 0 Å². The molecule has 0 amide bonds. The summed E-state index contributed by atoms with van der Waals surface area (Å²) in [5, 5.41) is 0. The van der Waals surface area contributed by atoms with Crippen molar-refractivity contribution in [2.75, 3.05) is 0 Å². The molecule has 13 heavy (non-hydrogen) atoms.